The SMILES string of the molecule is CCCn1nc(C)c(-c2ccc(CC(C)NC)cc2)c1C. The van der Waals surface area contributed by atoms with Crippen LogP contribution < -0.4 is 5.32 Å². The molecule has 0 spiro atoms. The van der Waals surface area contributed by atoms with Crippen LogP contribution in [0, 0.1) is 13.8 Å². The van der Waals surface area contributed by atoms with E-state index in [9.17, 15) is 0 Å². The summed E-state index contributed by atoms with van der Waals surface area (Å²) < 4.78 is 2.13. The van der Waals surface area contributed by atoms with Crippen LogP contribution in [0.1, 0.15) is 37.2 Å². The number of hydrogen-bond acceptors (Lipinski definition) is 2. The van der Waals surface area contributed by atoms with Crippen molar-refractivity contribution in [2.75, 3.05) is 7.05 Å². The molecule has 0 aliphatic heterocycles. The maximum Gasteiger partial charge on any atom is 0.0674 e. The van der Waals surface area contributed by atoms with Crippen LogP contribution in [-0.2, 0) is 13.0 Å². The topological polar surface area (TPSA) is 29.9 Å². The minimum Gasteiger partial charge on any atom is -0.317 e. The fourth-order valence-corrected chi connectivity index (χ4v) is 2.81. The second-order valence-electron chi connectivity index (χ2n) is 5.86. The normalized spacial score (nSPS) is 12.6. The summed E-state index contributed by atoms with van der Waals surface area (Å²) in [5.74, 6) is 0. The van der Waals surface area contributed by atoms with E-state index in [0.717, 1.165) is 25.1 Å². The van der Waals surface area contributed by atoms with Crippen LogP contribution in [0.15, 0.2) is 24.3 Å². The molecule has 0 aliphatic rings. The minimum absolute atomic E-state index is 0.506. The molecule has 0 amide bonds. The summed E-state index contributed by atoms with van der Waals surface area (Å²) in [5.41, 5.74) is 6.32. The summed E-state index contributed by atoms with van der Waals surface area (Å²) >= 11 is 0. The van der Waals surface area contributed by atoms with Gasteiger partial charge in [-0.15, -0.1) is 0 Å². The second-order valence-corrected chi connectivity index (χ2v) is 5.86. The van der Waals surface area contributed by atoms with E-state index in [-0.39, 0.29) is 0 Å². The first-order valence-corrected chi connectivity index (χ1v) is 7.87. The molecule has 1 atom stereocenters. The zero-order valence-electron chi connectivity index (χ0n) is 13.9. The molecule has 0 radical (unpaired) electrons. The Kier molecular flexibility index (Phi) is 5.18. The summed E-state index contributed by atoms with van der Waals surface area (Å²) in [5, 5.41) is 7.95. The molecule has 2 rings (SSSR count). The van der Waals surface area contributed by atoms with Gasteiger partial charge in [0.1, 0.15) is 0 Å². The number of aromatic nitrogens is 2. The maximum atomic E-state index is 4.67. The molecule has 3 nitrogen and oxygen atoms in total. The Bertz CT molecular complexity index is 581. The van der Waals surface area contributed by atoms with Crippen molar-refractivity contribution in [2.24, 2.45) is 0 Å². The van der Waals surface area contributed by atoms with Gasteiger partial charge in [-0.2, -0.15) is 5.10 Å². The zero-order chi connectivity index (χ0) is 15.4. The van der Waals surface area contributed by atoms with Crippen molar-refractivity contribution in [1.82, 2.24) is 15.1 Å². The quantitative estimate of drug-likeness (QED) is 0.876. The van der Waals surface area contributed by atoms with E-state index in [1.807, 2.05) is 7.05 Å². The summed E-state index contributed by atoms with van der Waals surface area (Å²) in [6.45, 7) is 9.66. The van der Waals surface area contributed by atoms with Crippen molar-refractivity contribution in [3.05, 3.63) is 41.2 Å². The molecule has 0 saturated heterocycles. The van der Waals surface area contributed by atoms with Gasteiger partial charge in [-0.05, 0) is 51.8 Å². The summed E-state index contributed by atoms with van der Waals surface area (Å²) in [6.07, 6.45) is 2.17. The van der Waals surface area contributed by atoms with Gasteiger partial charge in [0.25, 0.3) is 0 Å². The standard InChI is InChI=1S/C18H27N3/c1-6-11-21-15(4)18(14(3)20-21)17-9-7-16(8-10-17)12-13(2)19-5/h7-10,13,19H,6,11-12H2,1-5H3. The van der Waals surface area contributed by atoms with Crippen LogP contribution in [0.3, 0.4) is 0 Å². The van der Waals surface area contributed by atoms with Gasteiger partial charge in [-0.1, -0.05) is 31.2 Å². The first-order chi connectivity index (χ1) is 10.1. The van der Waals surface area contributed by atoms with Gasteiger partial charge in [0.05, 0.1) is 5.69 Å². The Labute approximate surface area is 128 Å². The summed E-state index contributed by atoms with van der Waals surface area (Å²) in [4.78, 5) is 0. The van der Waals surface area contributed by atoms with Gasteiger partial charge in [-0.25, -0.2) is 0 Å². The van der Waals surface area contributed by atoms with Crippen LogP contribution in [0.5, 0.6) is 0 Å². The lowest BCUT2D eigenvalue weighted by Crippen LogP contribution is -2.23. The number of nitrogens with zero attached hydrogens (tertiary/aromatic N) is 2. The molecule has 1 unspecified atom stereocenters. The molecule has 3 heteroatoms. The van der Waals surface area contributed by atoms with Crippen molar-refractivity contribution in [3.63, 3.8) is 0 Å². The number of nitrogens with one attached hydrogen (secondary N) is 1. The van der Waals surface area contributed by atoms with Gasteiger partial charge in [0, 0.05) is 23.8 Å². The molecule has 0 bridgehead atoms. The average molecular weight is 285 g/mol. The Balaban J connectivity index is 2.26. The largest absolute Gasteiger partial charge is 0.317 e. The first kappa shape index (κ1) is 15.8. The maximum absolute atomic E-state index is 4.67. The van der Waals surface area contributed by atoms with Gasteiger partial charge < -0.3 is 5.32 Å². The number of hydrogen-bond donors (Lipinski definition) is 1. The van der Waals surface area contributed by atoms with E-state index < -0.39 is 0 Å². The van der Waals surface area contributed by atoms with Crippen molar-refractivity contribution in [1.29, 1.82) is 0 Å². The van der Waals surface area contributed by atoms with Crippen LogP contribution in [-0.4, -0.2) is 22.9 Å². The smallest absolute Gasteiger partial charge is 0.0674 e. The molecule has 1 aromatic carbocycles. The number of likely N-dealkylation sites (N-methyl/N-ethyl adjacent to an activating group) is 1. The molecule has 114 valence electrons. The predicted octanol–water partition coefficient (Wildman–Crippen LogP) is 3.73. The lowest BCUT2D eigenvalue weighted by atomic mass is 10.00. The zero-order valence-corrected chi connectivity index (χ0v) is 13.9. The van der Waals surface area contributed by atoms with E-state index >= 15 is 0 Å². The minimum atomic E-state index is 0.506. The third-order valence-electron chi connectivity index (χ3n) is 4.09. The van der Waals surface area contributed by atoms with Crippen LogP contribution >= 0.6 is 0 Å². The van der Waals surface area contributed by atoms with Crippen molar-refractivity contribution < 1.29 is 0 Å². The third-order valence-corrected chi connectivity index (χ3v) is 4.09. The second kappa shape index (κ2) is 6.90. The van der Waals surface area contributed by atoms with Crippen LogP contribution in [0.25, 0.3) is 11.1 Å². The van der Waals surface area contributed by atoms with Gasteiger partial charge in [0.2, 0.25) is 0 Å². The van der Waals surface area contributed by atoms with E-state index in [2.05, 4.69) is 67.1 Å². The molecular formula is C18H27N3. The Morgan fingerprint density at radius 2 is 1.86 bits per heavy atom. The highest BCUT2D eigenvalue weighted by Crippen LogP contribution is 2.27. The fourth-order valence-electron chi connectivity index (χ4n) is 2.81. The third kappa shape index (κ3) is 3.53. The first-order valence-electron chi connectivity index (χ1n) is 7.87. The average Bonchev–Trinajstić information content (AvgIpc) is 2.75. The monoisotopic (exact) mass is 285 g/mol. The van der Waals surface area contributed by atoms with E-state index in [1.165, 1.54) is 22.4 Å². The number of rotatable bonds is 6. The summed E-state index contributed by atoms with van der Waals surface area (Å²) in [6, 6.07) is 9.43. The Morgan fingerprint density at radius 3 is 2.43 bits per heavy atom. The molecule has 2 aromatic rings. The van der Waals surface area contributed by atoms with E-state index in [0.29, 0.717) is 6.04 Å². The highest BCUT2D eigenvalue weighted by molar-refractivity contribution is 5.68. The Morgan fingerprint density at radius 1 is 1.19 bits per heavy atom. The van der Waals surface area contributed by atoms with Gasteiger partial charge >= 0.3 is 0 Å². The lowest BCUT2D eigenvalue weighted by molar-refractivity contribution is 0.583. The van der Waals surface area contributed by atoms with Crippen LogP contribution in [0.4, 0.5) is 0 Å². The molecule has 1 N–H and O–H groups in total. The molecule has 1 heterocycles. The highest BCUT2D eigenvalue weighted by atomic mass is 15.3. The fraction of sp³-hybridized carbons (Fsp3) is 0.500. The van der Waals surface area contributed by atoms with Gasteiger partial charge in [0.15, 0.2) is 0 Å². The van der Waals surface area contributed by atoms with Gasteiger partial charge in [-0.3, -0.25) is 4.68 Å². The molecule has 1 aromatic heterocycles. The lowest BCUT2D eigenvalue weighted by Gasteiger charge is -2.10. The predicted molar refractivity (Wildman–Crippen MR) is 89.7 cm³/mol. The van der Waals surface area contributed by atoms with E-state index in [4.69, 9.17) is 0 Å². The van der Waals surface area contributed by atoms with E-state index in [1.54, 1.807) is 0 Å². The molecule has 0 aliphatic carbocycles. The number of benzene rings is 1. The number of aryl methyl sites for hydroxylation is 2. The molecule has 0 fully saturated rings. The van der Waals surface area contributed by atoms with Crippen molar-refractivity contribution in [3.8, 4) is 11.1 Å². The van der Waals surface area contributed by atoms with Crippen LogP contribution in [0.2, 0.25) is 0 Å². The summed E-state index contributed by atoms with van der Waals surface area (Å²) in [7, 11) is 2.01. The molecular weight excluding hydrogens is 258 g/mol. The van der Waals surface area contributed by atoms with Crippen molar-refractivity contribution in [2.45, 2.75) is 53.1 Å². The highest BCUT2D eigenvalue weighted by Gasteiger charge is 2.13. The molecule has 0 saturated carbocycles. The van der Waals surface area contributed by atoms with Crippen molar-refractivity contribution >= 4 is 0 Å². The Hall–Kier alpha value is -1.61. The molecule has 21 heavy (non-hydrogen) atoms.